The minimum Gasteiger partial charge on any atom is -0.497 e. The fraction of sp³-hybridized carbons (Fsp3) is 0.400. The van der Waals surface area contributed by atoms with Gasteiger partial charge in [-0.25, -0.2) is 0 Å². The number of halogens is 1. The van der Waals surface area contributed by atoms with Gasteiger partial charge in [0.05, 0.1) is 24.5 Å². The van der Waals surface area contributed by atoms with Crippen LogP contribution in [0.15, 0.2) is 30.5 Å². The van der Waals surface area contributed by atoms with E-state index in [1.54, 1.807) is 7.11 Å². The summed E-state index contributed by atoms with van der Waals surface area (Å²) < 4.78 is 5.26. The Balaban J connectivity index is 0.00000147. The fourth-order valence-electron chi connectivity index (χ4n) is 2.52. The van der Waals surface area contributed by atoms with E-state index in [4.69, 9.17) is 4.74 Å². The van der Waals surface area contributed by atoms with Crippen molar-refractivity contribution in [2.45, 2.75) is 18.9 Å². The smallest absolute Gasteiger partial charge is 0.119 e. The van der Waals surface area contributed by atoms with Gasteiger partial charge in [0.15, 0.2) is 0 Å². The van der Waals surface area contributed by atoms with Crippen LogP contribution in [0.4, 0.5) is 5.69 Å². The number of aromatic nitrogens is 1. The summed E-state index contributed by atoms with van der Waals surface area (Å²) >= 11 is 0. The summed E-state index contributed by atoms with van der Waals surface area (Å²) in [6, 6.07) is 8.65. The number of nitrogens with zero attached hydrogens (tertiary/aromatic N) is 1. The summed E-state index contributed by atoms with van der Waals surface area (Å²) in [6.07, 6.45) is 4.24. The standard InChI is InChI=1S/C15H19N3O.ClH/c1-19-14-2-3-15-11(9-14)8-13(10-17-15)18-12-4-6-16-7-5-12;/h2-3,8-10,12,16,18H,4-7H2,1H3;1H. The van der Waals surface area contributed by atoms with Crippen LogP contribution in [0.25, 0.3) is 10.9 Å². The Morgan fingerprint density at radius 3 is 2.80 bits per heavy atom. The number of nitrogens with one attached hydrogen (secondary N) is 2. The molecule has 0 amide bonds. The predicted octanol–water partition coefficient (Wildman–Crippen LogP) is 2.83. The highest BCUT2D eigenvalue weighted by molar-refractivity contribution is 5.85. The molecule has 4 nitrogen and oxygen atoms in total. The Hall–Kier alpha value is -1.52. The van der Waals surface area contributed by atoms with E-state index in [0.717, 1.165) is 48.3 Å². The molecular formula is C15H20ClN3O. The van der Waals surface area contributed by atoms with Gasteiger partial charge >= 0.3 is 0 Å². The Bertz CT molecular complexity index is 570. The van der Waals surface area contributed by atoms with Crippen molar-refractivity contribution in [2.24, 2.45) is 0 Å². The van der Waals surface area contributed by atoms with E-state index in [2.05, 4.69) is 21.7 Å². The van der Waals surface area contributed by atoms with Gasteiger partial charge in [-0.05, 0) is 50.2 Å². The number of hydrogen-bond donors (Lipinski definition) is 2. The number of pyridine rings is 1. The number of benzene rings is 1. The zero-order valence-corrected chi connectivity index (χ0v) is 12.4. The third-order valence-electron chi connectivity index (χ3n) is 3.60. The maximum absolute atomic E-state index is 5.26. The molecule has 1 aromatic heterocycles. The van der Waals surface area contributed by atoms with E-state index in [0.29, 0.717) is 6.04 Å². The second-order valence-electron chi connectivity index (χ2n) is 4.95. The molecule has 0 aliphatic carbocycles. The molecule has 0 atom stereocenters. The van der Waals surface area contributed by atoms with E-state index in [-0.39, 0.29) is 12.4 Å². The maximum atomic E-state index is 5.26. The first-order valence-corrected chi connectivity index (χ1v) is 6.76. The van der Waals surface area contributed by atoms with Crippen molar-refractivity contribution < 1.29 is 4.74 Å². The van der Waals surface area contributed by atoms with Crippen LogP contribution in [0.1, 0.15) is 12.8 Å². The molecule has 0 saturated carbocycles. The van der Waals surface area contributed by atoms with Crippen LogP contribution in [0, 0.1) is 0 Å². The number of rotatable bonds is 3. The van der Waals surface area contributed by atoms with Crippen LogP contribution in [0.3, 0.4) is 0 Å². The monoisotopic (exact) mass is 293 g/mol. The highest BCUT2D eigenvalue weighted by atomic mass is 35.5. The van der Waals surface area contributed by atoms with Gasteiger partial charge in [-0.3, -0.25) is 4.98 Å². The Kier molecular flexibility index (Phi) is 5.04. The van der Waals surface area contributed by atoms with Crippen molar-refractivity contribution in [3.63, 3.8) is 0 Å². The van der Waals surface area contributed by atoms with Crippen molar-refractivity contribution in [2.75, 3.05) is 25.5 Å². The Morgan fingerprint density at radius 1 is 1.25 bits per heavy atom. The molecule has 1 aromatic carbocycles. The summed E-state index contributed by atoms with van der Waals surface area (Å²) in [4.78, 5) is 4.49. The lowest BCUT2D eigenvalue weighted by molar-refractivity contribution is 0.415. The number of hydrogen-bond acceptors (Lipinski definition) is 4. The molecular weight excluding hydrogens is 274 g/mol. The molecule has 5 heteroatoms. The van der Waals surface area contributed by atoms with E-state index in [1.165, 1.54) is 0 Å². The molecule has 3 rings (SSSR count). The van der Waals surface area contributed by atoms with Gasteiger partial charge in [0.25, 0.3) is 0 Å². The first kappa shape index (κ1) is 14.9. The summed E-state index contributed by atoms with van der Waals surface area (Å²) in [5.74, 6) is 0.869. The van der Waals surface area contributed by atoms with Crippen LogP contribution in [-0.4, -0.2) is 31.2 Å². The summed E-state index contributed by atoms with van der Waals surface area (Å²) in [6.45, 7) is 2.18. The first-order valence-electron chi connectivity index (χ1n) is 6.76. The summed E-state index contributed by atoms with van der Waals surface area (Å²) in [5, 5.41) is 8.05. The molecule has 1 fully saturated rings. The second kappa shape index (κ2) is 6.77. The van der Waals surface area contributed by atoms with E-state index >= 15 is 0 Å². The topological polar surface area (TPSA) is 46.2 Å². The lowest BCUT2D eigenvalue weighted by Crippen LogP contribution is -2.35. The molecule has 1 aliphatic heterocycles. The lowest BCUT2D eigenvalue weighted by atomic mass is 10.1. The van der Waals surface area contributed by atoms with Gasteiger partial charge in [-0.15, -0.1) is 12.4 Å². The number of piperidine rings is 1. The van der Waals surface area contributed by atoms with Crippen molar-refractivity contribution >= 4 is 29.0 Å². The molecule has 108 valence electrons. The fourth-order valence-corrected chi connectivity index (χ4v) is 2.52. The van der Waals surface area contributed by atoms with Crippen molar-refractivity contribution in [3.05, 3.63) is 30.5 Å². The van der Waals surface area contributed by atoms with Gasteiger partial charge < -0.3 is 15.4 Å². The zero-order chi connectivity index (χ0) is 13.1. The average molecular weight is 294 g/mol. The molecule has 20 heavy (non-hydrogen) atoms. The molecule has 0 bridgehead atoms. The summed E-state index contributed by atoms with van der Waals surface area (Å²) in [7, 11) is 1.69. The van der Waals surface area contributed by atoms with Crippen molar-refractivity contribution in [3.8, 4) is 5.75 Å². The SMILES string of the molecule is COc1ccc2ncc(NC3CCNCC3)cc2c1.Cl. The third kappa shape index (κ3) is 3.32. The number of fused-ring (bicyclic) bond motifs is 1. The normalized spacial score (nSPS) is 15.7. The molecule has 2 aromatic rings. The number of ether oxygens (including phenoxy) is 1. The van der Waals surface area contributed by atoms with Gasteiger partial charge in [-0.2, -0.15) is 0 Å². The van der Waals surface area contributed by atoms with Crippen LogP contribution in [0.5, 0.6) is 5.75 Å². The Labute approximate surface area is 125 Å². The van der Waals surface area contributed by atoms with E-state index in [9.17, 15) is 0 Å². The minimum atomic E-state index is 0. The molecule has 0 unspecified atom stereocenters. The zero-order valence-electron chi connectivity index (χ0n) is 11.6. The molecule has 0 radical (unpaired) electrons. The highest BCUT2D eigenvalue weighted by Crippen LogP contribution is 2.22. The largest absolute Gasteiger partial charge is 0.497 e. The van der Waals surface area contributed by atoms with Crippen molar-refractivity contribution in [1.29, 1.82) is 0 Å². The molecule has 1 saturated heterocycles. The van der Waals surface area contributed by atoms with Gasteiger partial charge in [0.2, 0.25) is 0 Å². The highest BCUT2D eigenvalue weighted by Gasteiger charge is 2.12. The number of anilines is 1. The van der Waals surface area contributed by atoms with Crippen LogP contribution in [0.2, 0.25) is 0 Å². The van der Waals surface area contributed by atoms with Crippen LogP contribution < -0.4 is 15.4 Å². The van der Waals surface area contributed by atoms with Crippen LogP contribution >= 0.6 is 12.4 Å². The second-order valence-corrected chi connectivity index (χ2v) is 4.95. The first-order chi connectivity index (χ1) is 9.35. The van der Waals surface area contributed by atoms with Crippen molar-refractivity contribution in [1.82, 2.24) is 10.3 Å². The molecule has 0 spiro atoms. The van der Waals surface area contributed by atoms with E-state index in [1.807, 2.05) is 24.4 Å². The lowest BCUT2D eigenvalue weighted by Gasteiger charge is -2.24. The van der Waals surface area contributed by atoms with Gasteiger partial charge in [0, 0.05) is 11.4 Å². The number of methoxy groups -OCH3 is 1. The van der Waals surface area contributed by atoms with Gasteiger partial charge in [0.1, 0.15) is 5.75 Å². The third-order valence-corrected chi connectivity index (χ3v) is 3.60. The predicted molar refractivity (Wildman–Crippen MR) is 85.1 cm³/mol. The molecule has 1 aliphatic rings. The maximum Gasteiger partial charge on any atom is 0.119 e. The molecule has 2 heterocycles. The summed E-state index contributed by atoms with van der Waals surface area (Å²) in [5.41, 5.74) is 2.09. The average Bonchev–Trinajstić information content (AvgIpc) is 2.47. The quantitative estimate of drug-likeness (QED) is 0.913. The Morgan fingerprint density at radius 2 is 2.05 bits per heavy atom. The molecule has 2 N–H and O–H groups in total. The minimum absolute atomic E-state index is 0. The van der Waals surface area contributed by atoms with E-state index < -0.39 is 0 Å². The van der Waals surface area contributed by atoms with Gasteiger partial charge in [-0.1, -0.05) is 0 Å². The van der Waals surface area contributed by atoms with Crippen LogP contribution in [-0.2, 0) is 0 Å².